The van der Waals surface area contributed by atoms with Gasteiger partial charge >= 0.3 is 6.03 Å². The van der Waals surface area contributed by atoms with Crippen molar-refractivity contribution < 1.29 is 14.3 Å². The van der Waals surface area contributed by atoms with E-state index in [9.17, 15) is 4.79 Å². The van der Waals surface area contributed by atoms with Gasteiger partial charge in [0.05, 0.1) is 26.3 Å². The maximum atomic E-state index is 14.0. The molecule has 0 aliphatic carbocycles. The predicted octanol–water partition coefficient (Wildman–Crippen LogP) is 6.31. The van der Waals surface area contributed by atoms with Crippen LogP contribution in [-0.4, -0.2) is 26.3 Å². The minimum Gasteiger partial charge on any atom is -0.497 e. The number of nitrogens with zero attached hydrogens (tertiary/aromatic N) is 2. The molecule has 0 radical (unpaired) electrons. The van der Waals surface area contributed by atoms with Crippen LogP contribution in [0.15, 0.2) is 78.9 Å². The lowest BCUT2D eigenvalue weighted by Gasteiger charge is -2.38. The molecule has 1 aliphatic heterocycles. The molecule has 5 nitrogen and oxygen atoms in total. The van der Waals surface area contributed by atoms with Crippen molar-refractivity contribution >= 4 is 17.4 Å². The summed E-state index contributed by atoms with van der Waals surface area (Å²) in [5.74, 6) is 1.52. The fraction of sp³-hybridized carbons (Fsp3) is 0.296. The summed E-state index contributed by atoms with van der Waals surface area (Å²) in [6.07, 6.45) is 0. The second-order valence-electron chi connectivity index (χ2n) is 9.09. The van der Waals surface area contributed by atoms with Gasteiger partial charge in [-0.15, -0.1) is 0 Å². The summed E-state index contributed by atoms with van der Waals surface area (Å²) in [5, 5.41) is 0. The lowest BCUT2D eigenvalue weighted by Crippen LogP contribution is -2.43. The Hall–Kier alpha value is -3.47. The topological polar surface area (TPSA) is 42.0 Å². The molecule has 2 atom stereocenters. The van der Waals surface area contributed by atoms with E-state index in [1.54, 1.807) is 14.2 Å². The van der Waals surface area contributed by atoms with Gasteiger partial charge in [-0.05, 0) is 59.5 Å². The zero-order valence-corrected chi connectivity index (χ0v) is 19.3. The molecule has 1 saturated heterocycles. The first kappa shape index (κ1) is 21.8. The maximum absolute atomic E-state index is 14.0. The molecular formula is C27H30N2O3. The Morgan fingerprint density at radius 1 is 0.688 bits per heavy atom. The third-order valence-corrected chi connectivity index (χ3v) is 6.00. The number of methoxy groups -OCH3 is 2. The van der Waals surface area contributed by atoms with Gasteiger partial charge in [-0.3, -0.25) is 9.80 Å². The number of carbonyl (C=O) groups is 1. The smallest absolute Gasteiger partial charge is 0.329 e. The molecule has 2 amide bonds. The molecule has 0 N–H and O–H groups in total. The Morgan fingerprint density at radius 2 is 1.16 bits per heavy atom. The van der Waals surface area contributed by atoms with E-state index in [-0.39, 0.29) is 23.5 Å². The quantitative estimate of drug-likeness (QED) is 0.477. The SMILES string of the molecule is COc1ccc(N2C(=O)N(c3ccc(OC)cc3)C(C(C)(C)C)C2c2ccccc2)cc1. The van der Waals surface area contributed by atoms with Crippen molar-refractivity contribution in [3.8, 4) is 11.5 Å². The van der Waals surface area contributed by atoms with Crippen molar-refractivity contribution in [2.75, 3.05) is 24.0 Å². The van der Waals surface area contributed by atoms with Gasteiger partial charge in [0.2, 0.25) is 0 Å². The Kier molecular flexibility index (Phi) is 5.83. The Balaban J connectivity index is 1.89. The molecule has 4 rings (SSSR count). The third kappa shape index (κ3) is 3.91. The van der Waals surface area contributed by atoms with Gasteiger partial charge in [0.15, 0.2) is 0 Å². The van der Waals surface area contributed by atoms with E-state index in [0.29, 0.717) is 0 Å². The van der Waals surface area contributed by atoms with E-state index in [2.05, 4.69) is 32.9 Å². The first-order chi connectivity index (χ1) is 15.3. The van der Waals surface area contributed by atoms with E-state index >= 15 is 0 Å². The molecule has 3 aromatic rings. The van der Waals surface area contributed by atoms with Crippen molar-refractivity contribution in [3.63, 3.8) is 0 Å². The zero-order valence-electron chi connectivity index (χ0n) is 19.3. The summed E-state index contributed by atoms with van der Waals surface area (Å²) < 4.78 is 10.7. The fourth-order valence-electron chi connectivity index (χ4n) is 4.51. The summed E-state index contributed by atoms with van der Waals surface area (Å²) >= 11 is 0. The molecule has 32 heavy (non-hydrogen) atoms. The van der Waals surface area contributed by atoms with Crippen LogP contribution < -0.4 is 19.3 Å². The van der Waals surface area contributed by atoms with Crippen LogP contribution in [0.3, 0.4) is 0 Å². The number of benzene rings is 3. The fourth-order valence-corrected chi connectivity index (χ4v) is 4.51. The highest BCUT2D eigenvalue weighted by Gasteiger charge is 2.52. The van der Waals surface area contributed by atoms with Crippen molar-refractivity contribution in [1.82, 2.24) is 0 Å². The molecule has 2 unspecified atom stereocenters. The number of carbonyl (C=O) groups excluding carboxylic acids is 1. The second kappa shape index (κ2) is 8.58. The summed E-state index contributed by atoms with van der Waals surface area (Å²) in [7, 11) is 3.29. The minimum absolute atomic E-state index is 0.0471. The van der Waals surface area contributed by atoms with Crippen molar-refractivity contribution in [2.45, 2.75) is 32.9 Å². The van der Waals surface area contributed by atoms with Gasteiger partial charge in [0, 0.05) is 11.4 Å². The lowest BCUT2D eigenvalue weighted by molar-refractivity contribution is 0.252. The number of ether oxygens (including phenoxy) is 2. The van der Waals surface area contributed by atoms with Gasteiger partial charge in [-0.2, -0.15) is 0 Å². The monoisotopic (exact) mass is 430 g/mol. The van der Waals surface area contributed by atoms with Gasteiger partial charge in [-0.1, -0.05) is 51.1 Å². The van der Waals surface area contributed by atoms with E-state index in [0.717, 1.165) is 28.4 Å². The highest BCUT2D eigenvalue weighted by Crippen LogP contribution is 2.47. The average molecular weight is 431 g/mol. The third-order valence-electron chi connectivity index (χ3n) is 6.00. The Bertz CT molecular complexity index is 1060. The van der Waals surface area contributed by atoms with Crippen molar-refractivity contribution in [3.05, 3.63) is 84.4 Å². The number of hydrogen-bond donors (Lipinski definition) is 0. The maximum Gasteiger partial charge on any atom is 0.329 e. The number of urea groups is 1. The first-order valence-electron chi connectivity index (χ1n) is 10.8. The van der Waals surface area contributed by atoms with E-state index < -0.39 is 0 Å². The summed E-state index contributed by atoms with van der Waals surface area (Å²) in [4.78, 5) is 17.9. The van der Waals surface area contributed by atoms with Crippen LogP contribution in [0, 0.1) is 5.41 Å². The van der Waals surface area contributed by atoms with E-state index in [1.165, 1.54) is 0 Å². The summed E-state index contributed by atoms with van der Waals surface area (Å²) in [6, 6.07) is 25.4. The van der Waals surface area contributed by atoms with Crippen LogP contribution in [0.1, 0.15) is 32.4 Å². The number of hydrogen-bond acceptors (Lipinski definition) is 3. The normalized spacial score (nSPS) is 18.7. The molecule has 0 bridgehead atoms. The summed E-state index contributed by atoms with van der Waals surface area (Å²) in [6.45, 7) is 6.57. The molecule has 5 heteroatoms. The predicted molar refractivity (Wildman–Crippen MR) is 129 cm³/mol. The van der Waals surface area contributed by atoms with Gasteiger partial charge in [0.1, 0.15) is 11.5 Å². The van der Waals surface area contributed by atoms with Crippen LogP contribution in [0.2, 0.25) is 0 Å². The summed E-state index contributed by atoms with van der Waals surface area (Å²) in [5.41, 5.74) is 2.62. The molecule has 0 saturated carbocycles. The number of anilines is 2. The Labute approximate surface area is 190 Å². The van der Waals surface area contributed by atoms with Gasteiger partial charge < -0.3 is 9.47 Å². The standard InChI is InChI=1S/C27H30N2O3/c1-27(2,3)25-24(19-9-7-6-8-10-19)28(20-11-15-22(31-4)16-12-20)26(30)29(25)21-13-17-23(32-5)18-14-21/h6-18,24-25H,1-5H3. The second-order valence-corrected chi connectivity index (χ2v) is 9.09. The number of amides is 2. The number of rotatable bonds is 5. The van der Waals surface area contributed by atoms with Crippen molar-refractivity contribution in [2.24, 2.45) is 5.41 Å². The van der Waals surface area contributed by atoms with E-state index in [1.807, 2.05) is 76.5 Å². The lowest BCUT2D eigenvalue weighted by atomic mass is 9.79. The molecule has 1 aliphatic rings. The van der Waals surface area contributed by atoms with E-state index in [4.69, 9.17) is 9.47 Å². The van der Waals surface area contributed by atoms with Crippen LogP contribution >= 0.6 is 0 Å². The highest BCUT2D eigenvalue weighted by atomic mass is 16.5. The molecular weight excluding hydrogens is 400 g/mol. The molecule has 3 aromatic carbocycles. The highest BCUT2D eigenvalue weighted by molar-refractivity contribution is 6.08. The molecule has 1 fully saturated rings. The van der Waals surface area contributed by atoms with Crippen LogP contribution in [0.25, 0.3) is 0 Å². The van der Waals surface area contributed by atoms with Crippen molar-refractivity contribution in [1.29, 1.82) is 0 Å². The molecule has 0 aromatic heterocycles. The van der Waals surface area contributed by atoms with Gasteiger partial charge in [0.25, 0.3) is 0 Å². The molecule has 0 spiro atoms. The Morgan fingerprint density at radius 3 is 1.59 bits per heavy atom. The zero-order chi connectivity index (χ0) is 22.9. The molecule has 166 valence electrons. The average Bonchev–Trinajstić information content (AvgIpc) is 3.13. The van der Waals surface area contributed by atoms with Crippen LogP contribution in [0.5, 0.6) is 11.5 Å². The minimum atomic E-state index is -0.183. The first-order valence-corrected chi connectivity index (χ1v) is 10.8. The van der Waals surface area contributed by atoms with Crippen LogP contribution in [-0.2, 0) is 0 Å². The van der Waals surface area contributed by atoms with Gasteiger partial charge in [-0.25, -0.2) is 4.79 Å². The molecule has 1 heterocycles. The largest absolute Gasteiger partial charge is 0.497 e. The van der Waals surface area contributed by atoms with Crippen LogP contribution in [0.4, 0.5) is 16.2 Å².